The first-order chi connectivity index (χ1) is 10.9. The van der Waals surface area contributed by atoms with Gasteiger partial charge in [-0.25, -0.2) is 9.97 Å². The van der Waals surface area contributed by atoms with Gasteiger partial charge in [0.25, 0.3) is 0 Å². The maximum Gasteiger partial charge on any atom is 0.0924 e. The summed E-state index contributed by atoms with van der Waals surface area (Å²) in [6.45, 7) is 0. The lowest BCUT2D eigenvalue weighted by atomic mass is 9.92. The minimum Gasteiger partial charge on any atom is -0.345 e. The predicted molar refractivity (Wildman–Crippen MR) is 87.0 cm³/mol. The summed E-state index contributed by atoms with van der Waals surface area (Å²) in [6.07, 6.45) is 7.08. The van der Waals surface area contributed by atoms with Gasteiger partial charge in [-0.15, -0.1) is 0 Å². The number of imidazole rings is 2. The molecule has 2 aromatic carbocycles. The number of benzene rings is 2. The number of aromatic amines is 2. The fourth-order valence-electron chi connectivity index (χ4n) is 2.72. The fraction of sp³-hybridized carbons (Fsp3) is 0. The van der Waals surface area contributed by atoms with E-state index in [0.29, 0.717) is 0 Å². The average Bonchev–Trinajstić information content (AvgIpc) is 3.28. The van der Waals surface area contributed by atoms with Gasteiger partial charge in [-0.2, -0.15) is 0 Å². The maximum absolute atomic E-state index is 4.17. The molecule has 0 aliphatic carbocycles. The number of H-pyrrole nitrogens is 2. The molecule has 0 bridgehead atoms. The smallest absolute Gasteiger partial charge is 0.0924 e. The van der Waals surface area contributed by atoms with E-state index in [1.165, 1.54) is 5.56 Å². The molecule has 0 spiro atoms. The van der Waals surface area contributed by atoms with Crippen LogP contribution in [-0.4, -0.2) is 19.9 Å². The molecular formula is C18H14N4. The summed E-state index contributed by atoms with van der Waals surface area (Å²) in [4.78, 5) is 14.7. The van der Waals surface area contributed by atoms with E-state index in [-0.39, 0.29) is 0 Å². The summed E-state index contributed by atoms with van der Waals surface area (Å²) in [6, 6.07) is 16.7. The van der Waals surface area contributed by atoms with Crippen molar-refractivity contribution in [2.24, 2.45) is 0 Å². The van der Waals surface area contributed by atoms with Crippen LogP contribution in [-0.2, 0) is 0 Å². The van der Waals surface area contributed by atoms with Crippen molar-refractivity contribution in [2.75, 3.05) is 0 Å². The SMILES string of the molecule is c1ccc(-c2cccc(-c3cnc[nH]3)c2-c2cnc[nH]2)cc1. The summed E-state index contributed by atoms with van der Waals surface area (Å²) >= 11 is 0. The first kappa shape index (κ1) is 12.6. The van der Waals surface area contributed by atoms with Gasteiger partial charge in [0.15, 0.2) is 0 Å². The van der Waals surface area contributed by atoms with Crippen LogP contribution in [0.3, 0.4) is 0 Å². The van der Waals surface area contributed by atoms with Crippen molar-refractivity contribution >= 4 is 0 Å². The van der Waals surface area contributed by atoms with Crippen LogP contribution in [0.1, 0.15) is 0 Å². The second-order valence-electron chi connectivity index (χ2n) is 5.02. The number of nitrogens with one attached hydrogen (secondary N) is 2. The first-order valence-electron chi connectivity index (χ1n) is 7.09. The first-order valence-corrected chi connectivity index (χ1v) is 7.09. The van der Waals surface area contributed by atoms with Gasteiger partial charge < -0.3 is 9.97 Å². The van der Waals surface area contributed by atoms with E-state index in [9.17, 15) is 0 Å². The topological polar surface area (TPSA) is 57.4 Å². The molecule has 4 nitrogen and oxygen atoms in total. The minimum absolute atomic E-state index is 0.988. The fourth-order valence-corrected chi connectivity index (χ4v) is 2.72. The van der Waals surface area contributed by atoms with Crippen molar-refractivity contribution in [1.82, 2.24) is 19.9 Å². The van der Waals surface area contributed by atoms with Crippen molar-refractivity contribution in [2.45, 2.75) is 0 Å². The summed E-state index contributed by atoms with van der Waals surface area (Å²) < 4.78 is 0. The Balaban J connectivity index is 2.02. The highest BCUT2D eigenvalue weighted by molar-refractivity contribution is 5.92. The Morgan fingerprint density at radius 2 is 1.32 bits per heavy atom. The van der Waals surface area contributed by atoms with Crippen LogP contribution in [0.25, 0.3) is 33.6 Å². The minimum atomic E-state index is 0.988. The summed E-state index contributed by atoms with van der Waals surface area (Å²) in [5.74, 6) is 0. The lowest BCUT2D eigenvalue weighted by Gasteiger charge is -2.13. The summed E-state index contributed by atoms with van der Waals surface area (Å²) in [5, 5.41) is 0. The zero-order chi connectivity index (χ0) is 14.8. The molecule has 0 aliphatic heterocycles. The highest BCUT2D eigenvalue weighted by Gasteiger charge is 2.15. The van der Waals surface area contributed by atoms with Crippen LogP contribution >= 0.6 is 0 Å². The van der Waals surface area contributed by atoms with Crippen molar-refractivity contribution in [3.05, 3.63) is 73.6 Å². The summed E-state index contributed by atoms with van der Waals surface area (Å²) in [7, 11) is 0. The van der Waals surface area contributed by atoms with Crippen LogP contribution in [0.2, 0.25) is 0 Å². The molecule has 22 heavy (non-hydrogen) atoms. The summed E-state index contributed by atoms with van der Waals surface area (Å²) in [5.41, 5.74) is 6.54. The van der Waals surface area contributed by atoms with E-state index < -0.39 is 0 Å². The lowest BCUT2D eigenvalue weighted by molar-refractivity contribution is 1.31. The Kier molecular flexibility index (Phi) is 3.05. The average molecular weight is 286 g/mol. The standard InChI is InChI=1S/C18H14N4/c1-2-5-13(6-3-1)14-7-4-8-15(16-9-19-11-21-16)18(14)17-10-20-12-22-17/h1-12H,(H,19,21)(H,20,22). The normalized spacial score (nSPS) is 10.7. The second kappa shape index (κ2) is 5.33. The molecule has 106 valence electrons. The third kappa shape index (κ3) is 2.11. The molecule has 0 atom stereocenters. The molecule has 2 aromatic heterocycles. The molecule has 0 amide bonds. The molecule has 4 rings (SSSR count). The van der Waals surface area contributed by atoms with E-state index in [1.54, 1.807) is 12.7 Å². The van der Waals surface area contributed by atoms with Gasteiger partial charge in [0.05, 0.1) is 36.4 Å². The number of hydrogen-bond donors (Lipinski definition) is 2. The van der Waals surface area contributed by atoms with Gasteiger partial charge in [0, 0.05) is 11.1 Å². The molecular weight excluding hydrogens is 272 g/mol. The van der Waals surface area contributed by atoms with Gasteiger partial charge in [-0.1, -0.05) is 48.5 Å². The van der Waals surface area contributed by atoms with Crippen LogP contribution in [0.4, 0.5) is 0 Å². The molecule has 0 radical (unpaired) electrons. The molecule has 2 heterocycles. The van der Waals surface area contributed by atoms with Crippen molar-refractivity contribution in [3.63, 3.8) is 0 Å². The molecule has 4 heteroatoms. The predicted octanol–water partition coefficient (Wildman–Crippen LogP) is 4.13. The van der Waals surface area contributed by atoms with E-state index >= 15 is 0 Å². The third-order valence-corrected chi connectivity index (χ3v) is 3.71. The Bertz CT molecular complexity index is 863. The van der Waals surface area contributed by atoms with Crippen LogP contribution in [0.15, 0.2) is 73.6 Å². The highest BCUT2D eigenvalue weighted by Crippen LogP contribution is 2.38. The highest BCUT2D eigenvalue weighted by atomic mass is 14.9. The zero-order valence-electron chi connectivity index (χ0n) is 11.8. The van der Waals surface area contributed by atoms with Crippen molar-refractivity contribution in [3.8, 4) is 33.6 Å². The van der Waals surface area contributed by atoms with Gasteiger partial charge in [-0.05, 0) is 11.1 Å². The molecule has 0 unspecified atom stereocenters. The molecule has 4 aromatic rings. The van der Waals surface area contributed by atoms with Gasteiger partial charge in [0.2, 0.25) is 0 Å². The van der Waals surface area contributed by atoms with Crippen LogP contribution in [0.5, 0.6) is 0 Å². The molecule has 0 saturated heterocycles. The van der Waals surface area contributed by atoms with Gasteiger partial charge in [-0.3, -0.25) is 0 Å². The van der Waals surface area contributed by atoms with Crippen LogP contribution in [0, 0.1) is 0 Å². The van der Waals surface area contributed by atoms with Gasteiger partial charge >= 0.3 is 0 Å². The monoisotopic (exact) mass is 286 g/mol. The Hall–Kier alpha value is -3.14. The molecule has 0 aliphatic rings. The Morgan fingerprint density at radius 3 is 2.00 bits per heavy atom. The molecule has 2 N–H and O–H groups in total. The van der Waals surface area contributed by atoms with Crippen molar-refractivity contribution < 1.29 is 0 Å². The number of rotatable bonds is 3. The van der Waals surface area contributed by atoms with Crippen molar-refractivity contribution in [1.29, 1.82) is 0 Å². The second-order valence-corrected chi connectivity index (χ2v) is 5.02. The number of nitrogens with zero attached hydrogens (tertiary/aromatic N) is 2. The molecule has 0 saturated carbocycles. The van der Waals surface area contributed by atoms with E-state index in [4.69, 9.17) is 0 Å². The largest absolute Gasteiger partial charge is 0.345 e. The Morgan fingerprint density at radius 1 is 0.636 bits per heavy atom. The molecule has 0 fully saturated rings. The van der Waals surface area contributed by atoms with Gasteiger partial charge in [0.1, 0.15) is 0 Å². The third-order valence-electron chi connectivity index (χ3n) is 3.71. The zero-order valence-corrected chi connectivity index (χ0v) is 11.8. The van der Waals surface area contributed by atoms with E-state index in [1.807, 2.05) is 18.5 Å². The maximum atomic E-state index is 4.17. The van der Waals surface area contributed by atoms with E-state index in [2.05, 4.69) is 62.4 Å². The van der Waals surface area contributed by atoms with Crippen LogP contribution < -0.4 is 0 Å². The number of aromatic nitrogens is 4. The quantitative estimate of drug-likeness (QED) is 0.595. The lowest BCUT2D eigenvalue weighted by Crippen LogP contribution is -1.90. The number of hydrogen-bond acceptors (Lipinski definition) is 2. The Labute approximate surface area is 127 Å². The van der Waals surface area contributed by atoms with E-state index in [0.717, 1.165) is 28.1 Å².